The Hall–Kier alpha value is -3.28. The van der Waals surface area contributed by atoms with E-state index in [9.17, 15) is 0 Å². The summed E-state index contributed by atoms with van der Waals surface area (Å²) in [4.78, 5) is 8.80. The molecular formula is C21H24N4O2. The number of ether oxygens (including phenoxy) is 2. The van der Waals surface area contributed by atoms with Crippen molar-refractivity contribution in [3.05, 3.63) is 66.4 Å². The van der Waals surface area contributed by atoms with Crippen molar-refractivity contribution < 1.29 is 9.47 Å². The molecule has 0 spiro atoms. The third kappa shape index (κ3) is 5.34. The van der Waals surface area contributed by atoms with Crippen LogP contribution in [-0.4, -0.2) is 30.2 Å². The van der Waals surface area contributed by atoms with Gasteiger partial charge in [-0.05, 0) is 49.2 Å². The number of rotatable bonds is 9. The van der Waals surface area contributed by atoms with Gasteiger partial charge in [-0.1, -0.05) is 24.3 Å². The average molecular weight is 364 g/mol. The van der Waals surface area contributed by atoms with E-state index in [-0.39, 0.29) is 0 Å². The van der Waals surface area contributed by atoms with Crippen LogP contribution in [0.3, 0.4) is 0 Å². The summed E-state index contributed by atoms with van der Waals surface area (Å²) in [5, 5.41) is 6.55. The first-order valence-electron chi connectivity index (χ1n) is 8.97. The van der Waals surface area contributed by atoms with Crippen LogP contribution in [0.2, 0.25) is 0 Å². The molecule has 0 saturated carbocycles. The normalized spacial score (nSPS) is 10.3. The van der Waals surface area contributed by atoms with Crippen LogP contribution in [0.4, 0.5) is 17.5 Å². The Morgan fingerprint density at radius 2 is 1.81 bits per heavy atom. The predicted molar refractivity (Wildman–Crippen MR) is 108 cm³/mol. The zero-order chi connectivity index (χ0) is 18.9. The molecule has 3 rings (SSSR count). The van der Waals surface area contributed by atoms with Crippen molar-refractivity contribution in [1.82, 2.24) is 9.97 Å². The fourth-order valence-corrected chi connectivity index (χ4v) is 2.61. The number of methoxy groups -OCH3 is 1. The van der Waals surface area contributed by atoms with Gasteiger partial charge in [0.1, 0.15) is 17.3 Å². The van der Waals surface area contributed by atoms with E-state index in [2.05, 4.69) is 32.7 Å². The van der Waals surface area contributed by atoms with Crippen LogP contribution in [0.15, 0.2) is 60.8 Å². The van der Waals surface area contributed by atoms with Crippen molar-refractivity contribution in [2.45, 2.75) is 13.3 Å². The van der Waals surface area contributed by atoms with Crippen LogP contribution >= 0.6 is 0 Å². The smallest absolute Gasteiger partial charge is 0.224 e. The lowest BCUT2D eigenvalue weighted by Crippen LogP contribution is -2.09. The molecule has 0 aliphatic heterocycles. The second-order valence-corrected chi connectivity index (χ2v) is 5.84. The first-order chi connectivity index (χ1) is 13.3. The van der Waals surface area contributed by atoms with Crippen molar-refractivity contribution in [3.8, 4) is 11.5 Å². The van der Waals surface area contributed by atoms with Crippen LogP contribution in [0.25, 0.3) is 0 Å². The molecule has 0 amide bonds. The van der Waals surface area contributed by atoms with Crippen LogP contribution < -0.4 is 20.1 Å². The minimum absolute atomic E-state index is 0.586. The number of nitrogens with zero attached hydrogens (tertiary/aromatic N) is 2. The Bertz CT molecular complexity index is 853. The van der Waals surface area contributed by atoms with Gasteiger partial charge < -0.3 is 20.1 Å². The number of hydrogen-bond acceptors (Lipinski definition) is 6. The molecule has 140 valence electrons. The second kappa shape index (κ2) is 9.43. The summed E-state index contributed by atoms with van der Waals surface area (Å²) in [6.45, 7) is 3.32. The standard InChI is InChI=1S/C21H24N4O2/c1-3-27-19-7-5-4-6-18(19)24-20-13-15-23-21(25-20)22-14-12-16-8-10-17(26-2)11-9-16/h4-11,13,15H,3,12,14H2,1-2H3,(H2,22,23,24,25). The third-order valence-electron chi connectivity index (χ3n) is 3.96. The topological polar surface area (TPSA) is 68.3 Å². The molecule has 6 heteroatoms. The van der Waals surface area contributed by atoms with Crippen molar-refractivity contribution in [2.24, 2.45) is 0 Å². The SMILES string of the molecule is CCOc1ccccc1Nc1ccnc(NCCc2ccc(OC)cc2)n1. The maximum Gasteiger partial charge on any atom is 0.224 e. The van der Waals surface area contributed by atoms with Crippen LogP contribution in [0, 0.1) is 0 Å². The number of anilines is 3. The van der Waals surface area contributed by atoms with Crippen molar-refractivity contribution in [1.29, 1.82) is 0 Å². The number of hydrogen-bond donors (Lipinski definition) is 2. The molecule has 6 nitrogen and oxygen atoms in total. The zero-order valence-electron chi connectivity index (χ0n) is 15.6. The molecule has 0 aliphatic rings. The molecule has 0 atom stereocenters. The maximum absolute atomic E-state index is 5.64. The molecule has 3 aromatic rings. The van der Waals surface area contributed by atoms with E-state index in [0.29, 0.717) is 18.4 Å². The fourth-order valence-electron chi connectivity index (χ4n) is 2.61. The van der Waals surface area contributed by atoms with E-state index in [1.54, 1.807) is 13.3 Å². The number of aromatic nitrogens is 2. The molecule has 27 heavy (non-hydrogen) atoms. The number of benzene rings is 2. The minimum atomic E-state index is 0.586. The second-order valence-electron chi connectivity index (χ2n) is 5.84. The molecule has 0 saturated heterocycles. The van der Waals surface area contributed by atoms with E-state index in [0.717, 1.165) is 30.2 Å². The monoisotopic (exact) mass is 364 g/mol. The highest BCUT2D eigenvalue weighted by atomic mass is 16.5. The molecule has 0 fully saturated rings. The molecular weight excluding hydrogens is 340 g/mol. The lowest BCUT2D eigenvalue weighted by Gasteiger charge is -2.12. The van der Waals surface area contributed by atoms with Gasteiger partial charge in [0.15, 0.2) is 0 Å². The van der Waals surface area contributed by atoms with Gasteiger partial charge in [-0.15, -0.1) is 0 Å². The van der Waals surface area contributed by atoms with E-state index in [1.165, 1.54) is 5.56 Å². The molecule has 0 bridgehead atoms. The molecule has 1 aromatic heterocycles. The quantitative estimate of drug-likeness (QED) is 0.591. The van der Waals surface area contributed by atoms with Gasteiger partial charge in [-0.3, -0.25) is 0 Å². The largest absolute Gasteiger partial charge is 0.497 e. The summed E-state index contributed by atoms with van der Waals surface area (Å²) in [6.07, 6.45) is 2.60. The first-order valence-corrected chi connectivity index (χ1v) is 8.97. The highest BCUT2D eigenvalue weighted by Crippen LogP contribution is 2.26. The van der Waals surface area contributed by atoms with E-state index >= 15 is 0 Å². The van der Waals surface area contributed by atoms with Gasteiger partial charge in [-0.25, -0.2) is 4.98 Å². The highest BCUT2D eigenvalue weighted by molar-refractivity contribution is 5.64. The van der Waals surface area contributed by atoms with Gasteiger partial charge in [0, 0.05) is 12.7 Å². The third-order valence-corrected chi connectivity index (χ3v) is 3.96. The van der Waals surface area contributed by atoms with Crippen molar-refractivity contribution in [3.63, 3.8) is 0 Å². The lowest BCUT2D eigenvalue weighted by molar-refractivity contribution is 0.342. The molecule has 2 aromatic carbocycles. The Morgan fingerprint density at radius 1 is 1.00 bits per heavy atom. The number of nitrogens with one attached hydrogen (secondary N) is 2. The minimum Gasteiger partial charge on any atom is -0.497 e. The summed E-state index contributed by atoms with van der Waals surface area (Å²) in [7, 11) is 1.67. The van der Waals surface area contributed by atoms with Crippen molar-refractivity contribution >= 4 is 17.5 Å². The van der Waals surface area contributed by atoms with Gasteiger partial charge in [0.25, 0.3) is 0 Å². The van der Waals surface area contributed by atoms with E-state index in [1.807, 2.05) is 49.4 Å². The summed E-state index contributed by atoms with van der Waals surface area (Å²) in [6, 6.07) is 17.7. The lowest BCUT2D eigenvalue weighted by atomic mass is 10.1. The van der Waals surface area contributed by atoms with Crippen LogP contribution in [-0.2, 0) is 6.42 Å². The van der Waals surface area contributed by atoms with Gasteiger partial charge in [0.05, 0.1) is 19.4 Å². The van der Waals surface area contributed by atoms with E-state index in [4.69, 9.17) is 9.47 Å². The molecule has 0 radical (unpaired) electrons. The van der Waals surface area contributed by atoms with Gasteiger partial charge >= 0.3 is 0 Å². The summed E-state index contributed by atoms with van der Waals surface area (Å²) >= 11 is 0. The molecule has 2 N–H and O–H groups in total. The Morgan fingerprint density at radius 3 is 2.59 bits per heavy atom. The highest BCUT2D eigenvalue weighted by Gasteiger charge is 2.05. The van der Waals surface area contributed by atoms with Crippen LogP contribution in [0.1, 0.15) is 12.5 Å². The Balaban J connectivity index is 1.58. The Labute approximate surface area is 159 Å². The molecule has 1 heterocycles. The average Bonchev–Trinajstić information content (AvgIpc) is 2.71. The van der Waals surface area contributed by atoms with Crippen LogP contribution in [0.5, 0.6) is 11.5 Å². The first kappa shape index (κ1) is 18.5. The Kier molecular flexibility index (Phi) is 6.46. The fraction of sp³-hybridized carbons (Fsp3) is 0.238. The summed E-state index contributed by atoms with van der Waals surface area (Å²) in [5.41, 5.74) is 2.10. The molecule has 0 unspecified atom stereocenters. The van der Waals surface area contributed by atoms with Gasteiger partial charge in [-0.2, -0.15) is 4.98 Å². The maximum atomic E-state index is 5.64. The summed E-state index contributed by atoms with van der Waals surface area (Å²) < 4.78 is 10.8. The van der Waals surface area contributed by atoms with E-state index < -0.39 is 0 Å². The number of para-hydroxylation sites is 2. The zero-order valence-corrected chi connectivity index (χ0v) is 15.6. The molecule has 0 aliphatic carbocycles. The van der Waals surface area contributed by atoms with Crippen molar-refractivity contribution in [2.75, 3.05) is 30.9 Å². The van der Waals surface area contributed by atoms with Gasteiger partial charge in [0.2, 0.25) is 5.95 Å². The predicted octanol–water partition coefficient (Wildman–Crippen LogP) is 4.28. The summed E-state index contributed by atoms with van der Waals surface area (Å²) in [5.74, 6) is 2.96.